The zero-order valence-corrected chi connectivity index (χ0v) is 12.2. The van der Waals surface area contributed by atoms with Crippen molar-refractivity contribution >= 4 is 12.4 Å². The first-order valence-corrected chi connectivity index (χ1v) is 6.60. The minimum absolute atomic E-state index is 0. The maximum atomic E-state index is 2.56. The summed E-state index contributed by atoms with van der Waals surface area (Å²) in [4.78, 5) is 2.56. The molecule has 17 heavy (non-hydrogen) atoms. The average Bonchev–Trinajstić information content (AvgIpc) is 2.30. The molecule has 0 atom stereocenters. The number of hydrogen-bond acceptors (Lipinski definition) is 1. The number of hydrogen-bond donors (Lipinski definition) is 0. The number of rotatable bonds is 7. The SMILES string of the molecule is CCCN(CCC)Cc1ccccc1CC.Cl. The maximum Gasteiger partial charge on any atom is 0.0236 e. The Morgan fingerprint density at radius 1 is 0.882 bits per heavy atom. The lowest BCUT2D eigenvalue weighted by atomic mass is 10.0. The molecule has 0 amide bonds. The zero-order valence-electron chi connectivity index (χ0n) is 11.4. The molecular weight excluding hydrogens is 230 g/mol. The molecule has 1 aromatic carbocycles. The van der Waals surface area contributed by atoms with Gasteiger partial charge in [-0.1, -0.05) is 45.0 Å². The van der Waals surface area contributed by atoms with Crippen LogP contribution >= 0.6 is 12.4 Å². The second-order valence-corrected chi connectivity index (χ2v) is 4.40. The smallest absolute Gasteiger partial charge is 0.0236 e. The predicted octanol–water partition coefficient (Wildman–Crippen LogP) is 4.29. The Morgan fingerprint density at radius 3 is 1.88 bits per heavy atom. The van der Waals surface area contributed by atoms with Crippen molar-refractivity contribution in [3.05, 3.63) is 35.4 Å². The van der Waals surface area contributed by atoms with Gasteiger partial charge >= 0.3 is 0 Å². The maximum absolute atomic E-state index is 2.56. The third-order valence-corrected chi connectivity index (χ3v) is 2.97. The summed E-state index contributed by atoms with van der Waals surface area (Å²) in [5.41, 5.74) is 3.01. The van der Waals surface area contributed by atoms with E-state index in [1.54, 1.807) is 0 Å². The highest BCUT2D eigenvalue weighted by molar-refractivity contribution is 5.85. The topological polar surface area (TPSA) is 3.24 Å². The average molecular weight is 256 g/mol. The number of halogens is 1. The summed E-state index contributed by atoms with van der Waals surface area (Å²) in [5, 5.41) is 0. The van der Waals surface area contributed by atoms with Crippen molar-refractivity contribution < 1.29 is 0 Å². The first-order valence-electron chi connectivity index (χ1n) is 6.60. The van der Waals surface area contributed by atoms with Crippen molar-refractivity contribution in [1.82, 2.24) is 4.90 Å². The molecule has 0 radical (unpaired) electrons. The Kier molecular flexibility index (Phi) is 9.20. The molecule has 0 saturated carbocycles. The van der Waals surface area contributed by atoms with E-state index in [4.69, 9.17) is 0 Å². The van der Waals surface area contributed by atoms with E-state index < -0.39 is 0 Å². The summed E-state index contributed by atoms with van der Waals surface area (Å²) in [6.45, 7) is 10.3. The van der Waals surface area contributed by atoms with Crippen LogP contribution < -0.4 is 0 Å². The van der Waals surface area contributed by atoms with Crippen molar-refractivity contribution in [1.29, 1.82) is 0 Å². The summed E-state index contributed by atoms with van der Waals surface area (Å²) in [5.74, 6) is 0. The largest absolute Gasteiger partial charge is 0.299 e. The molecule has 1 rings (SSSR count). The molecule has 0 aliphatic carbocycles. The molecule has 0 bridgehead atoms. The number of aryl methyl sites for hydroxylation is 1. The van der Waals surface area contributed by atoms with E-state index in [2.05, 4.69) is 49.9 Å². The summed E-state index contributed by atoms with van der Waals surface area (Å²) in [6, 6.07) is 8.83. The van der Waals surface area contributed by atoms with Gasteiger partial charge in [-0.25, -0.2) is 0 Å². The Labute approximate surface area is 113 Å². The summed E-state index contributed by atoms with van der Waals surface area (Å²) >= 11 is 0. The minimum atomic E-state index is 0. The van der Waals surface area contributed by atoms with E-state index in [0.29, 0.717) is 0 Å². The van der Waals surface area contributed by atoms with Crippen LogP contribution in [0.2, 0.25) is 0 Å². The van der Waals surface area contributed by atoms with E-state index in [1.165, 1.54) is 37.1 Å². The normalized spacial score (nSPS) is 10.4. The molecule has 0 heterocycles. The second-order valence-electron chi connectivity index (χ2n) is 4.40. The molecule has 0 N–H and O–H groups in total. The fourth-order valence-corrected chi connectivity index (χ4v) is 2.20. The first-order chi connectivity index (χ1) is 7.81. The third-order valence-electron chi connectivity index (χ3n) is 2.97. The Balaban J connectivity index is 0.00000256. The van der Waals surface area contributed by atoms with Crippen LogP contribution in [0.15, 0.2) is 24.3 Å². The van der Waals surface area contributed by atoms with E-state index in [9.17, 15) is 0 Å². The molecule has 0 aliphatic rings. The van der Waals surface area contributed by atoms with E-state index in [-0.39, 0.29) is 12.4 Å². The Bertz CT molecular complexity index is 293. The van der Waals surface area contributed by atoms with Crippen LogP contribution in [0.3, 0.4) is 0 Å². The van der Waals surface area contributed by atoms with Gasteiger partial charge in [0.2, 0.25) is 0 Å². The molecule has 1 aromatic rings. The number of nitrogens with zero attached hydrogens (tertiary/aromatic N) is 1. The second kappa shape index (κ2) is 9.49. The summed E-state index contributed by atoms with van der Waals surface area (Å²) < 4.78 is 0. The molecule has 1 nitrogen and oxygen atoms in total. The van der Waals surface area contributed by atoms with Gasteiger partial charge in [0.15, 0.2) is 0 Å². The highest BCUT2D eigenvalue weighted by Gasteiger charge is 2.06. The minimum Gasteiger partial charge on any atom is -0.299 e. The molecule has 0 aliphatic heterocycles. The molecule has 98 valence electrons. The third kappa shape index (κ3) is 5.56. The zero-order chi connectivity index (χ0) is 11.8. The first kappa shape index (κ1) is 16.5. The lowest BCUT2D eigenvalue weighted by Gasteiger charge is -2.22. The van der Waals surface area contributed by atoms with Crippen molar-refractivity contribution in [2.75, 3.05) is 13.1 Å². The Morgan fingerprint density at radius 2 is 1.41 bits per heavy atom. The van der Waals surface area contributed by atoms with Gasteiger partial charge in [-0.3, -0.25) is 4.90 Å². The lowest BCUT2D eigenvalue weighted by Crippen LogP contribution is -2.25. The fourth-order valence-electron chi connectivity index (χ4n) is 2.20. The lowest BCUT2D eigenvalue weighted by molar-refractivity contribution is 0.266. The van der Waals surface area contributed by atoms with Crippen LogP contribution in [0.5, 0.6) is 0 Å². The van der Waals surface area contributed by atoms with Crippen molar-refractivity contribution in [3.63, 3.8) is 0 Å². The monoisotopic (exact) mass is 255 g/mol. The molecule has 0 unspecified atom stereocenters. The van der Waals surface area contributed by atoms with Crippen LogP contribution in [0, 0.1) is 0 Å². The molecule has 0 fully saturated rings. The van der Waals surface area contributed by atoms with Crippen LogP contribution in [0.1, 0.15) is 44.7 Å². The summed E-state index contributed by atoms with van der Waals surface area (Å²) in [7, 11) is 0. The van der Waals surface area contributed by atoms with E-state index in [1.807, 2.05) is 0 Å². The fraction of sp³-hybridized carbons (Fsp3) is 0.600. The van der Waals surface area contributed by atoms with Gasteiger partial charge in [0.1, 0.15) is 0 Å². The van der Waals surface area contributed by atoms with E-state index in [0.717, 1.165) is 13.0 Å². The molecule has 0 aromatic heterocycles. The van der Waals surface area contributed by atoms with E-state index >= 15 is 0 Å². The standard InChI is InChI=1S/C15H25N.ClH/c1-4-11-16(12-5-2)13-15-10-8-7-9-14(15)6-3;/h7-10H,4-6,11-13H2,1-3H3;1H. The van der Waals surface area contributed by atoms with Gasteiger partial charge in [0.25, 0.3) is 0 Å². The molecule has 0 saturated heterocycles. The van der Waals surface area contributed by atoms with Crippen LogP contribution in [-0.2, 0) is 13.0 Å². The van der Waals surface area contributed by atoms with Gasteiger partial charge < -0.3 is 0 Å². The molecule has 0 spiro atoms. The van der Waals surface area contributed by atoms with Crippen LogP contribution in [-0.4, -0.2) is 18.0 Å². The predicted molar refractivity (Wildman–Crippen MR) is 78.9 cm³/mol. The van der Waals surface area contributed by atoms with Crippen molar-refractivity contribution in [2.45, 2.75) is 46.6 Å². The number of benzene rings is 1. The quantitative estimate of drug-likeness (QED) is 0.703. The Hall–Kier alpha value is -0.530. The van der Waals surface area contributed by atoms with Crippen LogP contribution in [0.25, 0.3) is 0 Å². The van der Waals surface area contributed by atoms with Gasteiger partial charge in [0, 0.05) is 6.54 Å². The van der Waals surface area contributed by atoms with Crippen LogP contribution in [0.4, 0.5) is 0 Å². The highest BCUT2D eigenvalue weighted by Crippen LogP contribution is 2.12. The van der Waals surface area contributed by atoms with Gasteiger partial charge in [-0.15, -0.1) is 12.4 Å². The molecular formula is C15H26ClN. The highest BCUT2D eigenvalue weighted by atomic mass is 35.5. The van der Waals surface area contributed by atoms with Crippen molar-refractivity contribution in [2.24, 2.45) is 0 Å². The molecule has 2 heteroatoms. The van der Waals surface area contributed by atoms with Gasteiger partial charge in [0.05, 0.1) is 0 Å². The van der Waals surface area contributed by atoms with Crippen molar-refractivity contribution in [3.8, 4) is 0 Å². The van der Waals surface area contributed by atoms with Gasteiger partial charge in [-0.05, 0) is 43.5 Å². The summed E-state index contributed by atoms with van der Waals surface area (Å²) in [6.07, 6.45) is 3.63. The van der Waals surface area contributed by atoms with Gasteiger partial charge in [-0.2, -0.15) is 0 Å².